The molecule has 0 bridgehead atoms. The summed E-state index contributed by atoms with van der Waals surface area (Å²) < 4.78 is 10.2. The molecule has 2 heterocycles. The van der Waals surface area contributed by atoms with Gasteiger partial charge in [-0.2, -0.15) is 0 Å². The van der Waals surface area contributed by atoms with Gasteiger partial charge < -0.3 is 9.15 Å². The number of halogens is 1. The molecule has 0 spiro atoms. The molecule has 0 amide bonds. The van der Waals surface area contributed by atoms with Gasteiger partial charge in [-0.25, -0.2) is 0 Å². The monoisotopic (exact) mass is 244 g/mol. The van der Waals surface area contributed by atoms with E-state index in [0.717, 1.165) is 4.47 Å². The number of hydrogen-bond donors (Lipinski definition) is 0. The molecule has 0 radical (unpaired) electrons. The highest BCUT2D eigenvalue weighted by molar-refractivity contribution is 9.10. The Balaban J connectivity index is 2.27. The minimum Gasteiger partial charge on any atom is -0.467 e. The lowest BCUT2D eigenvalue weighted by Crippen LogP contribution is -2.04. The Morgan fingerprint density at radius 1 is 1.46 bits per heavy atom. The third-order valence-corrected chi connectivity index (χ3v) is 2.22. The van der Waals surface area contributed by atoms with Gasteiger partial charge in [-0.15, -0.1) is 0 Å². The average molecular weight is 245 g/mol. The molecule has 0 aromatic carbocycles. The minimum atomic E-state index is -0.571. The van der Waals surface area contributed by atoms with Crippen molar-refractivity contribution in [3.8, 4) is 0 Å². The smallest absolute Gasteiger partial charge is 0.324 e. The van der Waals surface area contributed by atoms with Gasteiger partial charge in [0, 0.05) is 0 Å². The van der Waals surface area contributed by atoms with Crippen molar-refractivity contribution >= 4 is 27.9 Å². The second-order valence-corrected chi connectivity index (χ2v) is 3.63. The van der Waals surface area contributed by atoms with Crippen LogP contribution in [0.3, 0.4) is 0 Å². The zero-order valence-electron chi connectivity index (χ0n) is 6.45. The number of esters is 2. The average Bonchev–Trinajstić information content (AvgIpc) is 2.58. The molecule has 1 aromatic rings. The zero-order valence-corrected chi connectivity index (χ0v) is 8.04. The summed E-state index contributed by atoms with van der Waals surface area (Å²) in [6.45, 7) is 0. The summed E-state index contributed by atoms with van der Waals surface area (Å²) in [6.07, 6.45) is 1.53. The highest BCUT2D eigenvalue weighted by Crippen LogP contribution is 2.30. The molecule has 1 saturated heterocycles. The van der Waals surface area contributed by atoms with Gasteiger partial charge in [0.2, 0.25) is 0 Å². The lowest BCUT2D eigenvalue weighted by molar-refractivity contribution is -0.152. The van der Waals surface area contributed by atoms with Crippen LogP contribution in [-0.2, 0) is 14.3 Å². The first-order valence-electron chi connectivity index (χ1n) is 3.65. The normalized spacial score (nSPS) is 22.1. The van der Waals surface area contributed by atoms with Gasteiger partial charge in [-0.05, 0) is 22.0 Å². The van der Waals surface area contributed by atoms with Gasteiger partial charge in [0.15, 0.2) is 0 Å². The van der Waals surface area contributed by atoms with E-state index in [-0.39, 0.29) is 6.42 Å². The maximum absolute atomic E-state index is 11.1. The van der Waals surface area contributed by atoms with Crippen LogP contribution in [0, 0.1) is 0 Å². The van der Waals surface area contributed by atoms with Crippen molar-refractivity contribution < 1.29 is 18.7 Å². The standard InChI is InChI=1S/C8H5BrO4/c9-4-1-6(12-3-4)5-2-7(10)13-8(5)11/h1,3,5H,2H2. The van der Waals surface area contributed by atoms with Crippen LogP contribution in [-0.4, -0.2) is 11.9 Å². The zero-order chi connectivity index (χ0) is 9.42. The molecule has 5 heteroatoms. The van der Waals surface area contributed by atoms with Crippen LogP contribution in [0.15, 0.2) is 21.2 Å². The Morgan fingerprint density at radius 3 is 2.69 bits per heavy atom. The Hall–Kier alpha value is -1.10. The van der Waals surface area contributed by atoms with Crippen molar-refractivity contribution in [1.82, 2.24) is 0 Å². The fraction of sp³-hybridized carbons (Fsp3) is 0.250. The first-order chi connectivity index (χ1) is 6.16. The topological polar surface area (TPSA) is 56.5 Å². The van der Waals surface area contributed by atoms with E-state index in [1.165, 1.54) is 6.26 Å². The van der Waals surface area contributed by atoms with Gasteiger partial charge in [0.25, 0.3) is 0 Å². The molecule has 1 atom stereocenters. The maximum Gasteiger partial charge on any atom is 0.324 e. The summed E-state index contributed by atoms with van der Waals surface area (Å²) in [6, 6.07) is 1.66. The van der Waals surface area contributed by atoms with E-state index < -0.39 is 17.9 Å². The number of rotatable bonds is 1. The molecular formula is C8H5BrO4. The third kappa shape index (κ3) is 1.51. The number of furan rings is 1. The van der Waals surface area contributed by atoms with Gasteiger partial charge in [-0.3, -0.25) is 9.59 Å². The summed E-state index contributed by atoms with van der Waals surface area (Å²) >= 11 is 3.18. The lowest BCUT2D eigenvalue weighted by atomic mass is 10.1. The van der Waals surface area contributed by atoms with E-state index in [1.54, 1.807) is 6.07 Å². The van der Waals surface area contributed by atoms with E-state index in [1.807, 2.05) is 0 Å². The SMILES string of the molecule is O=C1CC(c2cc(Br)co2)C(=O)O1. The molecule has 68 valence electrons. The molecule has 1 fully saturated rings. The number of carbonyl (C=O) groups is 2. The fourth-order valence-electron chi connectivity index (χ4n) is 1.20. The number of carbonyl (C=O) groups excluding carboxylic acids is 2. The van der Waals surface area contributed by atoms with E-state index in [0.29, 0.717) is 5.76 Å². The van der Waals surface area contributed by atoms with E-state index in [2.05, 4.69) is 20.7 Å². The van der Waals surface area contributed by atoms with Crippen LogP contribution in [0.1, 0.15) is 18.1 Å². The molecule has 13 heavy (non-hydrogen) atoms. The molecule has 0 aliphatic carbocycles. The van der Waals surface area contributed by atoms with Crippen LogP contribution in [0.4, 0.5) is 0 Å². The minimum absolute atomic E-state index is 0.0682. The first-order valence-corrected chi connectivity index (χ1v) is 4.44. The molecule has 1 unspecified atom stereocenters. The third-order valence-electron chi connectivity index (χ3n) is 1.80. The second kappa shape index (κ2) is 2.99. The van der Waals surface area contributed by atoms with E-state index in [9.17, 15) is 9.59 Å². The predicted molar refractivity (Wildman–Crippen MR) is 44.9 cm³/mol. The van der Waals surface area contributed by atoms with Crippen molar-refractivity contribution in [3.63, 3.8) is 0 Å². The van der Waals surface area contributed by atoms with Crippen LogP contribution in [0.25, 0.3) is 0 Å². The van der Waals surface area contributed by atoms with Crippen molar-refractivity contribution in [2.45, 2.75) is 12.3 Å². The Labute approximate surface area is 82.0 Å². The number of hydrogen-bond acceptors (Lipinski definition) is 4. The summed E-state index contributed by atoms with van der Waals surface area (Å²) in [5, 5.41) is 0. The largest absolute Gasteiger partial charge is 0.467 e. The molecule has 0 saturated carbocycles. The Bertz CT molecular complexity index is 368. The van der Waals surface area contributed by atoms with Crippen molar-refractivity contribution in [2.75, 3.05) is 0 Å². The molecule has 1 aliphatic heterocycles. The van der Waals surface area contributed by atoms with Crippen LogP contribution in [0.2, 0.25) is 0 Å². The quantitative estimate of drug-likeness (QED) is 0.557. The van der Waals surface area contributed by atoms with Gasteiger partial charge >= 0.3 is 11.9 Å². The highest BCUT2D eigenvalue weighted by Gasteiger charge is 2.36. The maximum atomic E-state index is 11.1. The van der Waals surface area contributed by atoms with Gasteiger partial charge in [0.1, 0.15) is 17.9 Å². The van der Waals surface area contributed by atoms with Crippen LogP contribution in [0.5, 0.6) is 0 Å². The number of ether oxygens (including phenoxy) is 1. The van der Waals surface area contributed by atoms with Crippen LogP contribution >= 0.6 is 15.9 Å². The second-order valence-electron chi connectivity index (χ2n) is 2.72. The van der Waals surface area contributed by atoms with E-state index in [4.69, 9.17) is 4.42 Å². The highest BCUT2D eigenvalue weighted by atomic mass is 79.9. The Kier molecular flexibility index (Phi) is 1.95. The number of cyclic esters (lactones) is 2. The molecular weight excluding hydrogens is 240 g/mol. The van der Waals surface area contributed by atoms with Crippen LogP contribution < -0.4 is 0 Å². The summed E-state index contributed by atoms with van der Waals surface area (Å²) in [7, 11) is 0. The van der Waals surface area contributed by atoms with Gasteiger partial charge in [0.05, 0.1) is 10.9 Å². The molecule has 0 N–H and O–H groups in total. The first kappa shape index (κ1) is 8.50. The summed E-state index contributed by atoms with van der Waals surface area (Å²) in [5.74, 6) is -1.14. The molecule has 4 nitrogen and oxygen atoms in total. The van der Waals surface area contributed by atoms with Crippen molar-refractivity contribution in [1.29, 1.82) is 0 Å². The predicted octanol–water partition coefficient (Wildman–Crippen LogP) is 1.60. The van der Waals surface area contributed by atoms with Gasteiger partial charge in [-0.1, -0.05) is 0 Å². The van der Waals surface area contributed by atoms with Crippen molar-refractivity contribution in [3.05, 3.63) is 22.6 Å². The fourth-order valence-corrected chi connectivity index (χ4v) is 1.52. The Morgan fingerprint density at radius 2 is 2.23 bits per heavy atom. The summed E-state index contributed by atoms with van der Waals surface area (Å²) in [4.78, 5) is 21.8. The lowest BCUT2D eigenvalue weighted by Gasteiger charge is -1.96. The summed E-state index contributed by atoms with van der Waals surface area (Å²) in [5.41, 5.74) is 0. The van der Waals surface area contributed by atoms with E-state index >= 15 is 0 Å². The van der Waals surface area contributed by atoms with Crippen molar-refractivity contribution in [2.24, 2.45) is 0 Å². The molecule has 1 aliphatic rings. The molecule has 2 rings (SSSR count). The molecule has 1 aromatic heterocycles.